The Morgan fingerprint density at radius 1 is 1.50 bits per heavy atom. The molecule has 1 aliphatic heterocycles. The maximum absolute atomic E-state index is 4.31. The Hall–Kier alpha value is -0.480. The summed E-state index contributed by atoms with van der Waals surface area (Å²) in [7, 11) is 2.05. The lowest BCUT2D eigenvalue weighted by molar-refractivity contribution is 0.358. The zero-order chi connectivity index (χ0) is 12.8. The van der Waals surface area contributed by atoms with Crippen LogP contribution in [-0.2, 0) is 7.05 Å². The molecule has 18 heavy (non-hydrogen) atoms. The Bertz CT molecular complexity index is 345. The molecule has 1 aromatic heterocycles. The van der Waals surface area contributed by atoms with E-state index in [1.807, 2.05) is 17.9 Å². The fourth-order valence-corrected chi connectivity index (χ4v) is 3.87. The zero-order valence-corrected chi connectivity index (χ0v) is 12.4. The Morgan fingerprint density at radius 2 is 2.28 bits per heavy atom. The Kier molecular flexibility index (Phi) is 5.57. The second-order valence-corrected chi connectivity index (χ2v) is 6.40. The van der Waals surface area contributed by atoms with E-state index in [-0.39, 0.29) is 0 Å². The minimum absolute atomic E-state index is 0.477. The highest BCUT2D eigenvalue weighted by molar-refractivity contribution is 7.99. The zero-order valence-electron chi connectivity index (χ0n) is 11.6. The van der Waals surface area contributed by atoms with E-state index in [2.05, 4.69) is 35.2 Å². The summed E-state index contributed by atoms with van der Waals surface area (Å²) >= 11 is 2.11. The summed E-state index contributed by atoms with van der Waals surface area (Å²) in [4.78, 5) is 0. The lowest BCUT2D eigenvalue weighted by Gasteiger charge is -2.27. The summed E-state index contributed by atoms with van der Waals surface area (Å²) in [5, 5.41) is 8.00. The van der Waals surface area contributed by atoms with Crippen LogP contribution in [0.25, 0.3) is 0 Å². The van der Waals surface area contributed by atoms with Crippen LogP contribution in [0.15, 0.2) is 12.3 Å². The molecule has 0 radical (unpaired) electrons. The van der Waals surface area contributed by atoms with Gasteiger partial charge in [0.15, 0.2) is 0 Å². The van der Waals surface area contributed by atoms with Gasteiger partial charge in [0.1, 0.15) is 0 Å². The molecule has 0 bridgehead atoms. The van der Waals surface area contributed by atoms with E-state index in [0.29, 0.717) is 6.04 Å². The topological polar surface area (TPSA) is 29.9 Å². The number of nitrogens with one attached hydrogen (secondary N) is 1. The first-order valence-electron chi connectivity index (χ1n) is 7.10. The average molecular weight is 267 g/mol. The highest BCUT2D eigenvalue weighted by Crippen LogP contribution is 2.30. The molecule has 0 amide bonds. The number of aromatic nitrogens is 2. The van der Waals surface area contributed by atoms with Crippen LogP contribution < -0.4 is 5.32 Å². The van der Waals surface area contributed by atoms with Gasteiger partial charge in [0.25, 0.3) is 0 Å². The van der Waals surface area contributed by atoms with E-state index >= 15 is 0 Å². The molecule has 0 saturated carbocycles. The first-order chi connectivity index (χ1) is 8.81. The van der Waals surface area contributed by atoms with Gasteiger partial charge in [-0.2, -0.15) is 16.9 Å². The van der Waals surface area contributed by atoms with Crippen molar-refractivity contribution in [2.75, 3.05) is 18.1 Å². The fourth-order valence-electron chi connectivity index (χ4n) is 2.67. The predicted octanol–water partition coefficient (Wildman–Crippen LogP) is 2.99. The maximum atomic E-state index is 4.31. The summed E-state index contributed by atoms with van der Waals surface area (Å²) in [6.07, 6.45) is 7.13. The predicted molar refractivity (Wildman–Crippen MR) is 78.9 cm³/mol. The second-order valence-electron chi connectivity index (χ2n) is 5.18. The highest BCUT2D eigenvalue weighted by atomic mass is 32.2. The third-order valence-electron chi connectivity index (χ3n) is 3.77. The number of nitrogens with zero attached hydrogens (tertiary/aromatic N) is 2. The number of aryl methyl sites for hydroxylation is 1. The van der Waals surface area contributed by atoms with E-state index in [0.717, 1.165) is 12.5 Å². The van der Waals surface area contributed by atoms with E-state index in [9.17, 15) is 0 Å². The molecule has 1 aliphatic rings. The molecule has 1 aromatic rings. The molecule has 1 unspecified atom stereocenters. The van der Waals surface area contributed by atoms with Gasteiger partial charge < -0.3 is 5.32 Å². The van der Waals surface area contributed by atoms with E-state index < -0.39 is 0 Å². The van der Waals surface area contributed by atoms with Gasteiger partial charge in [0.05, 0.1) is 5.69 Å². The lowest BCUT2D eigenvalue weighted by Crippen LogP contribution is -2.27. The molecule has 1 saturated heterocycles. The van der Waals surface area contributed by atoms with Gasteiger partial charge in [-0.3, -0.25) is 4.68 Å². The third kappa shape index (κ3) is 3.75. The minimum Gasteiger partial charge on any atom is -0.309 e. The quantitative estimate of drug-likeness (QED) is 0.859. The highest BCUT2D eigenvalue weighted by Gasteiger charge is 2.21. The van der Waals surface area contributed by atoms with E-state index in [1.165, 1.54) is 42.9 Å². The number of thioether (sulfide) groups is 1. The van der Waals surface area contributed by atoms with E-state index in [4.69, 9.17) is 0 Å². The van der Waals surface area contributed by atoms with Crippen molar-refractivity contribution in [3.8, 4) is 0 Å². The molecule has 1 atom stereocenters. The largest absolute Gasteiger partial charge is 0.309 e. The van der Waals surface area contributed by atoms with Crippen molar-refractivity contribution < 1.29 is 0 Å². The summed E-state index contributed by atoms with van der Waals surface area (Å²) < 4.78 is 2.02. The average Bonchev–Trinajstić information content (AvgIpc) is 2.82. The summed E-state index contributed by atoms with van der Waals surface area (Å²) in [6.45, 7) is 3.32. The Balaban J connectivity index is 1.98. The van der Waals surface area contributed by atoms with Crippen molar-refractivity contribution in [3.63, 3.8) is 0 Å². The van der Waals surface area contributed by atoms with Crippen LogP contribution >= 0.6 is 11.8 Å². The first-order valence-corrected chi connectivity index (χ1v) is 8.25. The molecule has 4 heteroatoms. The van der Waals surface area contributed by atoms with Crippen molar-refractivity contribution in [2.24, 2.45) is 13.0 Å². The van der Waals surface area contributed by atoms with Gasteiger partial charge in [-0.05, 0) is 55.7 Å². The molecule has 2 rings (SSSR count). The van der Waals surface area contributed by atoms with Gasteiger partial charge in [-0.25, -0.2) is 0 Å². The molecule has 102 valence electrons. The molecule has 0 aliphatic carbocycles. The van der Waals surface area contributed by atoms with Crippen molar-refractivity contribution in [3.05, 3.63) is 18.0 Å². The molecule has 0 spiro atoms. The first kappa shape index (κ1) is 13.9. The molecule has 1 fully saturated rings. The van der Waals surface area contributed by atoms with Gasteiger partial charge >= 0.3 is 0 Å². The van der Waals surface area contributed by atoms with Crippen LogP contribution in [0.4, 0.5) is 0 Å². The van der Waals surface area contributed by atoms with Crippen LogP contribution in [0, 0.1) is 5.92 Å². The summed E-state index contributed by atoms with van der Waals surface area (Å²) in [5.41, 5.74) is 1.33. The smallest absolute Gasteiger partial charge is 0.0550 e. The van der Waals surface area contributed by atoms with Crippen LogP contribution in [0.2, 0.25) is 0 Å². The monoisotopic (exact) mass is 267 g/mol. The number of rotatable bonds is 6. The summed E-state index contributed by atoms with van der Waals surface area (Å²) in [6, 6.07) is 2.64. The van der Waals surface area contributed by atoms with Crippen LogP contribution in [-0.4, -0.2) is 27.8 Å². The second kappa shape index (κ2) is 7.19. The SMILES string of the molecule is CCCNC(CC1CCSCC1)c1ccnn1C. The molecular weight excluding hydrogens is 242 g/mol. The lowest BCUT2D eigenvalue weighted by atomic mass is 9.92. The molecular formula is C14H25N3S. The normalized spacial score (nSPS) is 19.0. The maximum Gasteiger partial charge on any atom is 0.0550 e. The van der Waals surface area contributed by atoms with Crippen LogP contribution in [0.3, 0.4) is 0 Å². The third-order valence-corrected chi connectivity index (χ3v) is 4.82. The Morgan fingerprint density at radius 3 is 2.89 bits per heavy atom. The molecule has 0 aromatic carbocycles. The molecule has 2 heterocycles. The molecule has 1 N–H and O–H groups in total. The van der Waals surface area contributed by atoms with Gasteiger partial charge in [-0.1, -0.05) is 6.92 Å². The van der Waals surface area contributed by atoms with Crippen molar-refractivity contribution >= 4 is 11.8 Å². The number of hydrogen-bond donors (Lipinski definition) is 1. The van der Waals surface area contributed by atoms with Crippen molar-refractivity contribution in [1.29, 1.82) is 0 Å². The van der Waals surface area contributed by atoms with Gasteiger partial charge in [0, 0.05) is 19.3 Å². The van der Waals surface area contributed by atoms with Crippen LogP contribution in [0.5, 0.6) is 0 Å². The van der Waals surface area contributed by atoms with Crippen LogP contribution in [0.1, 0.15) is 44.3 Å². The fraction of sp³-hybridized carbons (Fsp3) is 0.786. The molecule has 3 nitrogen and oxygen atoms in total. The number of hydrogen-bond acceptors (Lipinski definition) is 3. The van der Waals surface area contributed by atoms with Gasteiger partial charge in [-0.15, -0.1) is 0 Å². The standard InChI is InChI=1S/C14H25N3S/c1-3-7-15-13(14-4-8-16-17(14)2)11-12-5-9-18-10-6-12/h4,8,12-13,15H,3,5-7,9-11H2,1-2H3. The Labute approximate surface area is 115 Å². The summed E-state index contributed by atoms with van der Waals surface area (Å²) in [5.74, 6) is 3.57. The van der Waals surface area contributed by atoms with E-state index in [1.54, 1.807) is 0 Å². The minimum atomic E-state index is 0.477. The van der Waals surface area contributed by atoms with Crippen molar-refractivity contribution in [1.82, 2.24) is 15.1 Å². The van der Waals surface area contributed by atoms with Crippen molar-refractivity contribution in [2.45, 2.75) is 38.6 Å². The van der Waals surface area contributed by atoms with Gasteiger partial charge in [0.2, 0.25) is 0 Å².